The number of rotatable bonds is 18. The Labute approximate surface area is 538 Å². The van der Waals surface area contributed by atoms with Crippen LogP contribution < -0.4 is 27.0 Å². The summed E-state index contributed by atoms with van der Waals surface area (Å²) in [4.78, 5) is 171. The molecule has 0 bridgehead atoms. The molecule has 0 unspecified atom stereocenters. The van der Waals surface area contributed by atoms with Gasteiger partial charge >= 0.3 is 0 Å². The molecule has 1 aliphatic heterocycles. The maximum Gasteiger partial charge on any atom is 0.246 e. The third-order valence-electron chi connectivity index (χ3n) is 17.1. The van der Waals surface area contributed by atoms with Gasteiger partial charge in [0.15, 0.2) is 0 Å². The third kappa shape index (κ3) is 22.9. The Balaban J connectivity index is 4.51. The van der Waals surface area contributed by atoms with Gasteiger partial charge in [0.25, 0.3) is 0 Å². The van der Waals surface area contributed by atoms with E-state index >= 15 is 24.0 Å². The molecule has 0 saturated carbocycles. The molecule has 1 rings (SSSR count). The first-order valence-corrected chi connectivity index (χ1v) is 32.3. The summed E-state index contributed by atoms with van der Waals surface area (Å²) in [6.07, 6.45) is 2.51. The fraction of sp³-hybridized carbons (Fsp3) is 0.800. The van der Waals surface area contributed by atoms with Crippen LogP contribution in [-0.4, -0.2) is 244 Å². The lowest BCUT2D eigenvalue weighted by atomic mass is 9.91. The second-order valence-corrected chi connectivity index (χ2v) is 27.6. The highest BCUT2D eigenvalue weighted by molar-refractivity contribution is 6.00. The lowest BCUT2D eigenvalue weighted by Gasteiger charge is -2.41. The number of aliphatic hydroxyl groups excluding tert-OH is 1. The Kier molecular flexibility index (Phi) is 33.4. The number of amides is 11. The highest BCUT2D eigenvalue weighted by Crippen LogP contribution is 2.27. The first-order valence-electron chi connectivity index (χ1n) is 32.3. The molecule has 0 aliphatic carbocycles. The van der Waals surface area contributed by atoms with E-state index in [4.69, 9.17) is 5.73 Å². The maximum absolute atomic E-state index is 15.3. The molecule has 90 heavy (non-hydrogen) atoms. The number of hydrogen-bond acceptors (Lipinski definition) is 14. The Hall–Kier alpha value is -6.21. The van der Waals surface area contributed by atoms with Crippen LogP contribution in [-0.2, 0) is 52.7 Å². The van der Waals surface area contributed by atoms with Crippen molar-refractivity contribution in [2.75, 3.05) is 55.9 Å². The van der Waals surface area contributed by atoms with Crippen molar-refractivity contribution >= 4 is 65.0 Å². The van der Waals surface area contributed by atoms with E-state index in [9.17, 15) is 39.0 Å². The van der Waals surface area contributed by atoms with Crippen LogP contribution in [0.1, 0.15) is 169 Å². The first kappa shape index (κ1) is 81.8. The Morgan fingerprint density at radius 3 is 1.38 bits per heavy atom. The van der Waals surface area contributed by atoms with Crippen molar-refractivity contribution in [2.24, 2.45) is 41.2 Å². The standard InChI is InChI=1S/C65H118N12O13/c1-25-27-29-41(13)53(78)52-57(82)69-44(26-2)59(84)71(18)45(30-28-31-66)60(85)75(22)49(35-65(16,17)90)56(81)70-50(39(9)10)63(88)72(19)46(32-36(3)4)55(80)67-42(14)54(79)68-43(15)58(83)73(20)47(33-37(5)6)61(86)74(21)48(34-38(7)8)62(87)76(23)51(40(11)12)64(89)77(52)24/h25,27,36-53,78,90H,26,28-35,66H2,1-24H3,(H,67,80)(H,68,79)(H,69,82)(H,70,81)/b27-25+/t41-,42+,43-,44+,45-,46+,47+,48+,49+,50+,51+,52+,53-/m1/s1. The fourth-order valence-electron chi connectivity index (χ4n) is 11.4. The van der Waals surface area contributed by atoms with Crippen molar-refractivity contribution in [1.29, 1.82) is 0 Å². The number of nitrogens with one attached hydrogen (secondary N) is 4. The van der Waals surface area contributed by atoms with E-state index in [2.05, 4.69) is 21.3 Å². The van der Waals surface area contributed by atoms with Crippen LogP contribution in [0.15, 0.2) is 12.2 Å². The van der Waals surface area contributed by atoms with Gasteiger partial charge in [0.05, 0.1) is 11.7 Å². The van der Waals surface area contributed by atoms with E-state index in [-0.39, 0.29) is 75.7 Å². The number of carbonyl (C=O) groups is 11. The van der Waals surface area contributed by atoms with E-state index in [0.29, 0.717) is 0 Å². The zero-order valence-electron chi connectivity index (χ0n) is 59.0. The monoisotopic (exact) mass is 1270 g/mol. The molecule has 1 aliphatic rings. The maximum atomic E-state index is 15.3. The van der Waals surface area contributed by atoms with Crippen LogP contribution in [0, 0.1) is 35.5 Å². The molecule has 0 aromatic carbocycles. The zero-order valence-corrected chi connectivity index (χ0v) is 59.0. The minimum absolute atomic E-state index is 0.0147. The molecule has 25 heteroatoms. The Morgan fingerprint density at radius 1 is 0.500 bits per heavy atom. The van der Waals surface area contributed by atoms with Gasteiger partial charge in [-0.2, -0.15) is 0 Å². The third-order valence-corrected chi connectivity index (χ3v) is 17.1. The minimum Gasteiger partial charge on any atom is -0.390 e. The molecule has 1 fully saturated rings. The molecule has 1 saturated heterocycles. The minimum atomic E-state index is -1.66. The Morgan fingerprint density at radius 2 is 0.922 bits per heavy atom. The van der Waals surface area contributed by atoms with Gasteiger partial charge in [0.1, 0.15) is 66.5 Å². The van der Waals surface area contributed by atoms with E-state index in [1.165, 1.54) is 96.6 Å². The van der Waals surface area contributed by atoms with Crippen molar-refractivity contribution in [2.45, 2.75) is 247 Å². The molecule has 0 radical (unpaired) electrons. The Bertz CT molecular complexity index is 2470. The quantitative estimate of drug-likeness (QED) is 0.0971. The summed E-state index contributed by atoms with van der Waals surface area (Å²) in [6.45, 7) is 28.9. The van der Waals surface area contributed by atoms with Crippen molar-refractivity contribution in [1.82, 2.24) is 55.6 Å². The van der Waals surface area contributed by atoms with Crippen LogP contribution >= 0.6 is 0 Å². The summed E-state index contributed by atoms with van der Waals surface area (Å²) in [5.74, 6) is -10.4. The van der Waals surface area contributed by atoms with Crippen molar-refractivity contribution < 1.29 is 63.0 Å². The summed E-state index contributed by atoms with van der Waals surface area (Å²) >= 11 is 0. The number of carbonyl (C=O) groups excluding carboxylic acids is 11. The molecule has 0 aromatic heterocycles. The summed E-state index contributed by atoms with van der Waals surface area (Å²) in [5.41, 5.74) is 4.41. The highest BCUT2D eigenvalue weighted by atomic mass is 16.3. The van der Waals surface area contributed by atoms with Crippen molar-refractivity contribution in [3.05, 3.63) is 12.2 Å². The van der Waals surface area contributed by atoms with Gasteiger partial charge in [-0.05, 0) is 122 Å². The summed E-state index contributed by atoms with van der Waals surface area (Å²) < 4.78 is 0. The van der Waals surface area contributed by atoms with Crippen molar-refractivity contribution in [3.63, 3.8) is 0 Å². The topological polar surface area (TPSA) is 325 Å². The van der Waals surface area contributed by atoms with Gasteiger partial charge in [-0.1, -0.05) is 95.2 Å². The molecule has 11 amide bonds. The summed E-state index contributed by atoms with van der Waals surface area (Å²) in [5, 5.41) is 34.4. The lowest BCUT2D eigenvalue weighted by molar-refractivity contribution is -0.157. The molecule has 1 heterocycles. The number of aliphatic hydroxyl groups is 2. The largest absolute Gasteiger partial charge is 0.390 e. The average Bonchev–Trinajstić information content (AvgIpc) is 0.843. The second-order valence-electron chi connectivity index (χ2n) is 27.6. The average molecular weight is 1280 g/mol. The molecule has 13 atom stereocenters. The zero-order chi connectivity index (χ0) is 69.9. The number of likely N-dealkylation sites (N-methyl/N-ethyl adjacent to an activating group) is 7. The fourth-order valence-corrected chi connectivity index (χ4v) is 11.4. The molecule has 516 valence electrons. The molecule has 25 nitrogen and oxygen atoms in total. The number of allylic oxidation sites excluding steroid dienone is 2. The molecule has 8 N–H and O–H groups in total. The molecule has 0 spiro atoms. The van der Waals surface area contributed by atoms with Gasteiger partial charge in [-0.3, -0.25) is 52.7 Å². The second kappa shape index (κ2) is 36.7. The van der Waals surface area contributed by atoms with Gasteiger partial charge in [-0.15, -0.1) is 0 Å². The van der Waals surface area contributed by atoms with Gasteiger partial charge < -0.3 is 71.5 Å². The van der Waals surface area contributed by atoms with Crippen LogP contribution in [0.2, 0.25) is 0 Å². The van der Waals surface area contributed by atoms with Crippen LogP contribution in [0.25, 0.3) is 0 Å². The van der Waals surface area contributed by atoms with E-state index in [1.54, 1.807) is 60.6 Å². The predicted octanol–water partition coefficient (Wildman–Crippen LogP) is 2.49. The number of hydrogen-bond donors (Lipinski definition) is 7. The molecular formula is C65H118N12O13. The van der Waals surface area contributed by atoms with Crippen LogP contribution in [0.4, 0.5) is 0 Å². The van der Waals surface area contributed by atoms with Gasteiger partial charge in [0, 0.05) is 55.8 Å². The summed E-state index contributed by atoms with van der Waals surface area (Å²) in [6, 6.07) is -14.4. The normalized spacial score (nSPS) is 27.0. The number of nitrogens with two attached hydrogens (primary N) is 1. The molecule has 0 aromatic rings. The van der Waals surface area contributed by atoms with E-state index in [0.717, 1.165) is 14.7 Å². The van der Waals surface area contributed by atoms with Gasteiger partial charge in [-0.25, -0.2) is 0 Å². The highest BCUT2D eigenvalue weighted by Gasteiger charge is 2.47. The predicted molar refractivity (Wildman–Crippen MR) is 347 cm³/mol. The van der Waals surface area contributed by atoms with Crippen LogP contribution in [0.3, 0.4) is 0 Å². The first-order chi connectivity index (χ1) is 41.5. The van der Waals surface area contributed by atoms with E-state index < -0.39 is 161 Å². The lowest BCUT2D eigenvalue weighted by Crippen LogP contribution is -2.64. The summed E-state index contributed by atoms with van der Waals surface area (Å²) in [7, 11) is 9.74. The number of nitrogens with zero attached hydrogens (tertiary/aromatic N) is 7. The van der Waals surface area contributed by atoms with Gasteiger partial charge in [0.2, 0.25) is 65.0 Å². The smallest absolute Gasteiger partial charge is 0.246 e. The van der Waals surface area contributed by atoms with Crippen LogP contribution in [0.5, 0.6) is 0 Å². The molecular weight excluding hydrogens is 1160 g/mol. The SMILES string of the molecule is C/C=C/C[C@@H](C)[C@@H](O)[C@H]1C(=O)N[C@@H](CC)C(=O)N(C)[C@H](CCCN)C(=O)N(C)[C@@H](CC(C)(C)O)C(=O)N[C@@H](C(C)C)C(=O)N(C)[C@@H](CC(C)C)C(=O)N[C@@H](C)C(=O)N[C@H](C)C(=O)N(C)[C@@H](CC(C)C)C(=O)N(C)[C@@H](CC(C)C)C(=O)N(C)[C@@H](C(C)C)C(=O)N1C. The van der Waals surface area contributed by atoms with E-state index in [1.807, 2.05) is 41.5 Å². The van der Waals surface area contributed by atoms with Crippen molar-refractivity contribution in [3.8, 4) is 0 Å².